The minimum absolute atomic E-state index is 0. The van der Waals surface area contributed by atoms with Crippen LogP contribution in [0.5, 0.6) is 5.75 Å². The lowest BCUT2D eigenvalue weighted by Crippen LogP contribution is -2.38. The van der Waals surface area contributed by atoms with Gasteiger partial charge in [-0.15, -0.1) is 24.0 Å². The molecule has 160 valence electrons. The molecule has 0 radical (unpaired) electrons. The lowest BCUT2D eigenvalue weighted by atomic mass is 10.1. The van der Waals surface area contributed by atoms with Crippen molar-refractivity contribution in [2.45, 2.75) is 33.0 Å². The maximum Gasteiger partial charge on any atom is 0.192 e. The summed E-state index contributed by atoms with van der Waals surface area (Å²) in [7, 11) is 2.96. The SMILES string of the molecule is CCNC(=NCc1ccc(F)c(COC)c1)NC(C)c1ccc(OC)c(F)c1.I. The van der Waals surface area contributed by atoms with Gasteiger partial charge in [0, 0.05) is 19.2 Å². The predicted molar refractivity (Wildman–Crippen MR) is 122 cm³/mol. The van der Waals surface area contributed by atoms with Gasteiger partial charge in [-0.1, -0.05) is 12.1 Å². The van der Waals surface area contributed by atoms with E-state index < -0.39 is 5.82 Å². The Labute approximate surface area is 187 Å². The Hall–Kier alpha value is -1.94. The number of nitrogens with zero attached hydrogens (tertiary/aromatic N) is 1. The summed E-state index contributed by atoms with van der Waals surface area (Å²) in [6, 6.07) is 9.54. The number of methoxy groups -OCH3 is 2. The Bertz CT molecular complexity index is 819. The monoisotopic (exact) mass is 519 g/mol. The first kappa shape index (κ1) is 25.1. The van der Waals surface area contributed by atoms with Crippen molar-refractivity contribution in [2.75, 3.05) is 20.8 Å². The molecule has 2 aromatic rings. The minimum Gasteiger partial charge on any atom is -0.494 e. The highest BCUT2D eigenvalue weighted by Crippen LogP contribution is 2.21. The van der Waals surface area contributed by atoms with Crippen LogP contribution in [0.4, 0.5) is 8.78 Å². The number of aliphatic imine (C=N–C) groups is 1. The van der Waals surface area contributed by atoms with Crippen LogP contribution in [0.2, 0.25) is 0 Å². The largest absolute Gasteiger partial charge is 0.494 e. The zero-order valence-electron chi connectivity index (χ0n) is 17.1. The number of nitrogens with one attached hydrogen (secondary N) is 2. The molecule has 0 fully saturated rings. The Kier molecular flexibility index (Phi) is 10.9. The zero-order valence-corrected chi connectivity index (χ0v) is 19.4. The van der Waals surface area contributed by atoms with Gasteiger partial charge in [0.15, 0.2) is 17.5 Å². The van der Waals surface area contributed by atoms with E-state index >= 15 is 0 Å². The van der Waals surface area contributed by atoms with Crippen LogP contribution in [0.3, 0.4) is 0 Å². The summed E-state index contributed by atoms with van der Waals surface area (Å²) in [4.78, 5) is 4.55. The second kappa shape index (κ2) is 12.6. The van der Waals surface area contributed by atoms with Gasteiger partial charge in [0.2, 0.25) is 0 Å². The van der Waals surface area contributed by atoms with Crippen molar-refractivity contribution < 1.29 is 18.3 Å². The molecule has 0 amide bonds. The average Bonchev–Trinajstić information content (AvgIpc) is 2.68. The standard InChI is InChI=1S/C21H27F2N3O2.HI/c1-5-24-21(25-12-15-6-8-18(22)17(10-15)13-27-3)26-14(2)16-7-9-20(28-4)19(23)11-16;/h6-11,14H,5,12-13H2,1-4H3,(H2,24,25,26);1H. The molecule has 5 nitrogen and oxygen atoms in total. The molecule has 0 saturated heterocycles. The van der Waals surface area contributed by atoms with Crippen molar-refractivity contribution in [1.29, 1.82) is 0 Å². The second-order valence-corrected chi connectivity index (χ2v) is 6.31. The fraction of sp³-hybridized carbons (Fsp3) is 0.381. The first-order valence-corrected chi connectivity index (χ1v) is 9.13. The Morgan fingerprint density at radius 2 is 1.86 bits per heavy atom. The van der Waals surface area contributed by atoms with Crippen LogP contribution in [-0.4, -0.2) is 26.7 Å². The zero-order chi connectivity index (χ0) is 20.5. The molecule has 0 aromatic heterocycles. The van der Waals surface area contributed by atoms with E-state index in [1.165, 1.54) is 26.4 Å². The number of guanidine groups is 1. The number of hydrogen-bond acceptors (Lipinski definition) is 3. The quantitative estimate of drug-likeness (QED) is 0.305. The molecule has 2 aromatic carbocycles. The number of hydrogen-bond donors (Lipinski definition) is 2. The molecule has 0 heterocycles. The van der Waals surface area contributed by atoms with Crippen molar-refractivity contribution in [1.82, 2.24) is 10.6 Å². The van der Waals surface area contributed by atoms with Crippen molar-refractivity contribution in [3.05, 3.63) is 64.7 Å². The van der Waals surface area contributed by atoms with Crippen molar-refractivity contribution in [3.63, 3.8) is 0 Å². The summed E-state index contributed by atoms with van der Waals surface area (Å²) in [5.41, 5.74) is 2.14. The lowest BCUT2D eigenvalue weighted by molar-refractivity contribution is 0.181. The first-order chi connectivity index (χ1) is 13.5. The summed E-state index contributed by atoms with van der Waals surface area (Å²) < 4.78 is 37.7. The third-order valence-electron chi connectivity index (χ3n) is 4.20. The van der Waals surface area contributed by atoms with Gasteiger partial charge in [0.25, 0.3) is 0 Å². The topological polar surface area (TPSA) is 54.9 Å². The van der Waals surface area contributed by atoms with Crippen LogP contribution in [-0.2, 0) is 17.9 Å². The molecule has 2 rings (SSSR count). The Morgan fingerprint density at radius 3 is 2.48 bits per heavy atom. The molecule has 29 heavy (non-hydrogen) atoms. The van der Waals surface area contributed by atoms with Crippen LogP contribution in [0.1, 0.15) is 36.6 Å². The average molecular weight is 519 g/mol. The van der Waals surface area contributed by atoms with E-state index in [0.717, 1.165) is 11.1 Å². The van der Waals surface area contributed by atoms with E-state index in [2.05, 4.69) is 15.6 Å². The molecule has 1 atom stereocenters. The van der Waals surface area contributed by atoms with Crippen LogP contribution in [0.15, 0.2) is 41.4 Å². The van der Waals surface area contributed by atoms with E-state index in [4.69, 9.17) is 9.47 Å². The molecule has 2 N–H and O–H groups in total. The van der Waals surface area contributed by atoms with Crippen LogP contribution in [0, 0.1) is 11.6 Å². The van der Waals surface area contributed by atoms with Gasteiger partial charge in [-0.3, -0.25) is 0 Å². The van der Waals surface area contributed by atoms with Gasteiger partial charge in [-0.25, -0.2) is 13.8 Å². The first-order valence-electron chi connectivity index (χ1n) is 9.13. The third kappa shape index (κ3) is 7.43. The lowest BCUT2D eigenvalue weighted by Gasteiger charge is -2.19. The number of ether oxygens (including phenoxy) is 2. The predicted octanol–water partition coefficient (Wildman–Crippen LogP) is 4.55. The van der Waals surface area contributed by atoms with Gasteiger partial charge in [-0.05, 0) is 49.2 Å². The molecule has 0 bridgehead atoms. The van der Waals surface area contributed by atoms with E-state index in [1.54, 1.807) is 24.3 Å². The van der Waals surface area contributed by atoms with Crippen molar-refractivity contribution in [2.24, 2.45) is 4.99 Å². The summed E-state index contributed by atoms with van der Waals surface area (Å²) in [6.07, 6.45) is 0. The molecular formula is C21H28F2IN3O2. The van der Waals surface area contributed by atoms with Crippen LogP contribution in [0.25, 0.3) is 0 Å². The van der Waals surface area contributed by atoms with E-state index in [0.29, 0.717) is 24.6 Å². The highest BCUT2D eigenvalue weighted by Gasteiger charge is 2.11. The Balaban J connectivity index is 0.00000420. The Morgan fingerprint density at radius 1 is 1.10 bits per heavy atom. The fourth-order valence-electron chi connectivity index (χ4n) is 2.72. The van der Waals surface area contributed by atoms with E-state index in [1.807, 2.05) is 13.8 Å². The normalized spacial score (nSPS) is 12.1. The summed E-state index contributed by atoms with van der Waals surface area (Å²) in [5.74, 6) is 0.0888. The fourth-order valence-corrected chi connectivity index (χ4v) is 2.72. The van der Waals surface area contributed by atoms with Crippen LogP contribution >= 0.6 is 24.0 Å². The molecule has 0 aliphatic carbocycles. The highest BCUT2D eigenvalue weighted by molar-refractivity contribution is 14.0. The third-order valence-corrected chi connectivity index (χ3v) is 4.20. The maximum absolute atomic E-state index is 14.0. The maximum atomic E-state index is 14.0. The number of rotatable bonds is 8. The summed E-state index contributed by atoms with van der Waals surface area (Å²) >= 11 is 0. The van der Waals surface area contributed by atoms with Gasteiger partial charge >= 0.3 is 0 Å². The number of halogens is 3. The highest BCUT2D eigenvalue weighted by atomic mass is 127. The van der Waals surface area contributed by atoms with Crippen LogP contribution < -0.4 is 15.4 Å². The molecular weight excluding hydrogens is 491 g/mol. The summed E-state index contributed by atoms with van der Waals surface area (Å²) in [5, 5.41) is 6.42. The molecule has 8 heteroatoms. The molecule has 0 saturated carbocycles. The summed E-state index contributed by atoms with van der Waals surface area (Å²) in [6.45, 7) is 5.14. The minimum atomic E-state index is -0.410. The van der Waals surface area contributed by atoms with Gasteiger partial charge in [-0.2, -0.15) is 0 Å². The molecule has 1 unspecified atom stereocenters. The molecule has 0 aliphatic rings. The smallest absolute Gasteiger partial charge is 0.192 e. The second-order valence-electron chi connectivity index (χ2n) is 6.31. The van der Waals surface area contributed by atoms with Gasteiger partial charge in [0.05, 0.1) is 26.3 Å². The van der Waals surface area contributed by atoms with E-state index in [9.17, 15) is 8.78 Å². The van der Waals surface area contributed by atoms with Crippen molar-refractivity contribution in [3.8, 4) is 5.75 Å². The number of benzene rings is 2. The van der Waals surface area contributed by atoms with E-state index in [-0.39, 0.29) is 48.2 Å². The van der Waals surface area contributed by atoms with Gasteiger partial charge in [0.1, 0.15) is 5.82 Å². The molecule has 0 aliphatic heterocycles. The van der Waals surface area contributed by atoms with Crippen molar-refractivity contribution >= 4 is 29.9 Å². The molecule has 0 spiro atoms. The van der Waals surface area contributed by atoms with Gasteiger partial charge < -0.3 is 20.1 Å².